The molecule has 1 aromatic rings. The molecule has 88 valence electrons. The van der Waals surface area contributed by atoms with Crippen molar-refractivity contribution in [2.24, 2.45) is 0 Å². The lowest BCUT2D eigenvalue weighted by Gasteiger charge is -2.13. The van der Waals surface area contributed by atoms with Crippen LogP contribution in [0.25, 0.3) is 0 Å². The minimum Gasteiger partial charge on any atom is -0.480 e. The number of H-pyrrole nitrogens is 1. The van der Waals surface area contributed by atoms with Crippen molar-refractivity contribution < 1.29 is 14.7 Å². The van der Waals surface area contributed by atoms with Crippen LogP contribution in [0.2, 0.25) is 0 Å². The highest BCUT2D eigenvalue weighted by molar-refractivity contribution is 5.84. The first-order chi connectivity index (χ1) is 7.63. The lowest BCUT2D eigenvalue weighted by molar-refractivity contribution is -0.141. The smallest absolute Gasteiger partial charge is 0.326 e. The zero-order valence-electron chi connectivity index (χ0n) is 8.86. The Bertz CT molecular complexity index is 350. The number of carboxylic acid groups (broad SMARTS) is 1. The summed E-state index contributed by atoms with van der Waals surface area (Å²) in [5.74, 6) is -1.42. The topological polar surface area (TPSA) is 107 Å². The van der Waals surface area contributed by atoms with Crippen LogP contribution in [0.3, 0.4) is 0 Å². The summed E-state index contributed by atoms with van der Waals surface area (Å²) < 4.78 is 0. The van der Waals surface area contributed by atoms with Gasteiger partial charge in [-0.3, -0.25) is 4.79 Å². The third kappa shape index (κ3) is 3.70. The molecular formula is C9H14N4O3. The predicted molar refractivity (Wildman–Crippen MR) is 55.8 cm³/mol. The number of aliphatic carboxylic acids is 1. The first kappa shape index (κ1) is 12.2. The van der Waals surface area contributed by atoms with Crippen molar-refractivity contribution in [1.29, 1.82) is 0 Å². The molecule has 16 heavy (non-hydrogen) atoms. The van der Waals surface area contributed by atoms with E-state index in [0.29, 0.717) is 5.69 Å². The molecule has 7 heteroatoms. The molecule has 1 atom stereocenters. The molecule has 1 aromatic heterocycles. The maximum absolute atomic E-state index is 11.2. The van der Waals surface area contributed by atoms with E-state index in [1.165, 1.54) is 12.5 Å². The van der Waals surface area contributed by atoms with Gasteiger partial charge in [0.25, 0.3) is 0 Å². The molecule has 0 saturated carbocycles. The number of carbonyl (C=O) groups excluding carboxylic acids is 1. The van der Waals surface area contributed by atoms with Crippen molar-refractivity contribution in [2.75, 3.05) is 13.6 Å². The Balaban J connectivity index is 2.54. The van der Waals surface area contributed by atoms with Crippen LogP contribution in [-0.4, -0.2) is 46.6 Å². The van der Waals surface area contributed by atoms with Gasteiger partial charge in [0.15, 0.2) is 0 Å². The normalized spacial score (nSPS) is 12.1. The lowest BCUT2D eigenvalue weighted by Crippen LogP contribution is -2.45. The van der Waals surface area contributed by atoms with Crippen molar-refractivity contribution in [3.63, 3.8) is 0 Å². The van der Waals surface area contributed by atoms with Crippen LogP contribution in [0.4, 0.5) is 0 Å². The quantitative estimate of drug-likeness (QED) is 0.484. The number of aromatic nitrogens is 2. The van der Waals surface area contributed by atoms with Gasteiger partial charge in [0.2, 0.25) is 5.91 Å². The van der Waals surface area contributed by atoms with Crippen LogP contribution in [0, 0.1) is 0 Å². The summed E-state index contributed by atoms with van der Waals surface area (Å²) in [7, 11) is 1.62. The second-order valence-electron chi connectivity index (χ2n) is 3.27. The highest BCUT2D eigenvalue weighted by atomic mass is 16.4. The van der Waals surface area contributed by atoms with Crippen LogP contribution >= 0.6 is 0 Å². The van der Waals surface area contributed by atoms with E-state index in [1.807, 2.05) is 0 Å². The van der Waals surface area contributed by atoms with E-state index < -0.39 is 12.0 Å². The summed E-state index contributed by atoms with van der Waals surface area (Å²) in [5, 5.41) is 14.0. The van der Waals surface area contributed by atoms with E-state index in [4.69, 9.17) is 5.11 Å². The predicted octanol–water partition coefficient (Wildman–Crippen LogP) is -1.26. The van der Waals surface area contributed by atoms with Crippen LogP contribution in [0.15, 0.2) is 12.5 Å². The number of amides is 1. The molecule has 7 nitrogen and oxygen atoms in total. The number of hydrogen-bond acceptors (Lipinski definition) is 4. The number of rotatable bonds is 6. The van der Waals surface area contributed by atoms with Crippen molar-refractivity contribution in [1.82, 2.24) is 20.6 Å². The van der Waals surface area contributed by atoms with Gasteiger partial charge in [0.05, 0.1) is 12.9 Å². The standard InChI is InChI=1S/C9H14N4O3/c1-10-4-8(14)13-7(9(15)16)2-6-3-11-5-12-6/h3,5,7,10H,2,4H2,1H3,(H,11,12)(H,13,14)(H,15,16)/t7-/m0/s1. The summed E-state index contributed by atoms with van der Waals surface area (Å²) in [5.41, 5.74) is 0.664. The van der Waals surface area contributed by atoms with Crippen molar-refractivity contribution in [2.45, 2.75) is 12.5 Å². The van der Waals surface area contributed by atoms with Crippen molar-refractivity contribution >= 4 is 11.9 Å². The van der Waals surface area contributed by atoms with Crippen molar-refractivity contribution in [3.8, 4) is 0 Å². The number of aromatic amines is 1. The Hall–Kier alpha value is -1.89. The molecular weight excluding hydrogens is 212 g/mol. The Morgan fingerprint density at radius 1 is 1.62 bits per heavy atom. The van der Waals surface area contributed by atoms with E-state index in [-0.39, 0.29) is 18.9 Å². The highest BCUT2D eigenvalue weighted by Gasteiger charge is 2.20. The summed E-state index contributed by atoms with van der Waals surface area (Å²) in [4.78, 5) is 28.7. The van der Waals surface area contributed by atoms with E-state index in [1.54, 1.807) is 7.05 Å². The van der Waals surface area contributed by atoms with Gasteiger partial charge in [-0.05, 0) is 7.05 Å². The van der Waals surface area contributed by atoms with Gasteiger partial charge in [-0.1, -0.05) is 0 Å². The maximum atomic E-state index is 11.2. The van der Waals surface area contributed by atoms with E-state index in [9.17, 15) is 9.59 Å². The first-order valence-electron chi connectivity index (χ1n) is 4.77. The average molecular weight is 226 g/mol. The van der Waals surface area contributed by atoms with Crippen LogP contribution in [0.1, 0.15) is 5.69 Å². The second kappa shape index (κ2) is 5.86. The fraction of sp³-hybridized carbons (Fsp3) is 0.444. The van der Waals surface area contributed by atoms with E-state index >= 15 is 0 Å². The molecule has 0 aliphatic rings. The molecule has 1 amide bonds. The fourth-order valence-corrected chi connectivity index (χ4v) is 1.22. The maximum Gasteiger partial charge on any atom is 0.326 e. The number of carbonyl (C=O) groups is 2. The molecule has 0 radical (unpaired) electrons. The molecule has 0 aliphatic heterocycles. The molecule has 0 spiro atoms. The zero-order chi connectivity index (χ0) is 12.0. The Morgan fingerprint density at radius 3 is 2.88 bits per heavy atom. The number of imidazole rings is 1. The van der Waals surface area contributed by atoms with E-state index in [0.717, 1.165) is 0 Å². The highest BCUT2D eigenvalue weighted by Crippen LogP contribution is 1.98. The number of likely N-dealkylation sites (N-methyl/N-ethyl adjacent to an activating group) is 1. The summed E-state index contributed by atoms with van der Waals surface area (Å²) in [6, 6.07) is -0.943. The van der Waals surface area contributed by atoms with Crippen LogP contribution in [-0.2, 0) is 16.0 Å². The Morgan fingerprint density at radius 2 is 2.38 bits per heavy atom. The zero-order valence-corrected chi connectivity index (χ0v) is 8.86. The molecule has 1 rings (SSSR count). The minimum atomic E-state index is -1.07. The SMILES string of the molecule is CNCC(=O)N[C@@H](Cc1cnc[nH]1)C(=O)O. The molecule has 0 saturated heterocycles. The third-order valence-electron chi connectivity index (χ3n) is 1.95. The third-order valence-corrected chi connectivity index (χ3v) is 1.95. The number of hydrogen-bond donors (Lipinski definition) is 4. The summed E-state index contributed by atoms with van der Waals surface area (Å²) >= 11 is 0. The summed E-state index contributed by atoms with van der Waals surface area (Å²) in [6.07, 6.45) is 3.18. The van der Waals surface area contributed by atoms with Gasteiger partial charge in [0, 0.05) is 18.3 Å². The molecule has 0 bridgehead atoms. The second-order valence-corrected chi connectivity index (χ2v) is 3.27. The van der Waals surface area contributed by atoms with Gasteiger partial charge in [0.1, 0.15) is 6.04 Å². The van der Waals surface area contributed by atoms with Crippen LogP contribution in [0.5, 0.6) is 0 Å². The number of nitrogens with zero attached hydrogens (tertiary/aromatic N) is 1. The fourth-order valence-electron chi connectivity index (χ4n) is 1.22. The van der Waals surface area contributed by atoms with Crippen LogP contribution < -0.4 is 10.6 Å². The minimum absolute atomic E-state index is 0.0900. The van der Waals surface area contributed by atoms with Gasteiger partial charge in [-0.2, -0.15) is 0 Å². The Labute approximate surface area is 92.3 Å². The van der Waals surface area contributed by atoms with E-state index in [2.05, 4.69) is 20.6 Å². The molecule has 1 heterocycles. The first-order valence-corrected chi connectivity index (χ1v) is 4.77. The molecule has 0 aromatic carbocycles. The number of carboxylic acids is 1. The largest absolute Gasteiger partial charge is 0.480 e. The monoisotopic (exact) mass is 226 g/mol. The molecule has 0 fully saturated rings. The molecule has 0 aliphatic carbocycles. The lowest BCUT2D eigenvalue weighted by atomic mass is 10.1. The van der Waals surface area contributed by atoms with Gasteiger partial charge < -0.3 is 20.7 Å². The number of nitrogens with one attached hydrogen (secondary N) is 3. The van der Waals surface area contributed by atoms with Gasteiger partial charge >= 0.3 is 5.97 Å². The Kier molecular flexibility index (Phi) is 4.46. The van der Waals surface area contributed by atoms with Crippen molar-refractivity contribution in [3.05, 3.63) is 18.2 Å². The average Bonchev–Trinajstić information content (AvgIpc) is 2.69. The van der Waals surface area contributed by atoms with Gasteiger partial charge in [-0.15, -0.1) is 0 Å². The summed E-state index contributed by atoms with van der Waals surface area (Å²) in [6.45, 7) is 0.0900. The molecule has 4 N–H and O–H groups in total. The van der Waals surface area contributed by atoms with Gasteiger partial charge in [-0.25, -0.2) is 9.78 Å². The molecule has 0 unspecified atom stereocenters.